The zero-order valence-corrected chi connectivity index (χ0v) is 9.88. The van der Waals surface area contributed by atoms with Gasteiger partial charge in [0.25, 0.3) is 0 Å². The van der Waals surface area contributed by atoms with E-state index in [1.165, 1.54) is 0 Å². The minimum Gasteiger partial charge on any atom is -0.249 e. The summed E-state index contributed by atoms with van der Waals surface area (Å²) in [6.45, 7) is 1.71. The van der Waals surface area contributed by atoms with Gasteiger partial charge in [-0.15, -0.1) is 11.8 Å². The summed E-state index contributed by atoms with van der Waals surface area (Å²) >= 11 is 1.57. The van der Waals surface area contributed by atoms with E-state index in [2.05, 4.69) is 9.97 Å². The van der Waals surface area contributed by atoms with Crippen LogP contribution >= 0.6 is 11.8 Å². The summed E-state index contributed by atoms with van der Waals surface area (Å²) in [5, 5.41) is 0.926. The Kier molecular flexibility index (Phi) is 3.19. The van der Waals surface area contributed by atoms with E-state index in [1.807, 2.05) is 18.4 Å². The fraction of sp³-hybridized carbons (Fsp3) is 0.167. The Bertz CT molecular complexity index is 514. The molecule has 16 heavy (non-hydrogen) atoms. The molecule has 0 amide bonds. The molecule has 0 saturated heterocycles. The first kappa shape index (κ1) is 11.1. The molecule has 0 unspecified atom stereocenters. The van der Waals surface area contributed by atoms with Crippen LogP contribution in [0.15, 0.2) is 35.6 Å². The maximum absolute atomic E-state index is 13.1. The van der Waals surface area contributed by atoms with Crippen molar-refractivity contribution in [1.29, 1.82) is 0 Å². The van der Waals surface area contributed by atoms with Gasteiger partial charge in [-0.05, 0) is 25.3 Å². The predicted molar refractivity (Wildman–Crippen MR) is 63.9 cm³/mol. The summed E-state index contributed by atoms with van der Waals surface area (Å²) < 4.78 is 13.1. The monoisotopic (exact) mass is 234 g/mol. The third kappa shape index (κ3) is 2.07. The molecule has 4 heteroatoms. The second-order valence-electron chi connectivity index (χ2n) is 3.39. The van der Waals surface area contributed by atoms with Crippen molar-refractivity contribution in [3.05, 3.63) is 42.1 Å². The molecular weight excluding hydrogens is 223 g/mol. The van der Waals surface area contributed by atoms with E-state index in [9.17, 15) is 4.39 Å². The molecule has 0 aromatic carbocycles. The largest absolute Gasteiger partial charge is 0.249 e. The average molecular weight is 234 g/mol. The Hall–Kier alpha value is -1.42. The zero-order chi connectivity index (χ0) is 11.5. The first-order valence-corrected chi connectivity index (χ1v) is 6.06. The van der Waals surface area contributed by atoms with Gasteiger partial charge in [0.2, 0.25) is 5.95 Å². The van der Waals surface area contributed by atoms with Crippen molar-refractivity contribution in [1.82, 2.24) is 9.97 Å². The molecule has 0 spiro atoms. The molecule has 2 rings (SSSR count). The van der Waals surface area contributed by atoms with Crippen LogP contribution in [0, 0.1) is 12.9 Å². The first-order valence-electron chi connectivity index (χ1n) is 4.84. The van der Waals surface area contributed by atoms with Crippen LogP contribution in [-0.2, 0) is 0 Å². The van der Waals surface area contributed by atoms with Crippen LogP contribution in [0.4, 0.5) is 4.39 Å². The second kappa shape index (κ2) is 4.61. The topological polar surface area (TPSA) is 25.8 Å². The van der Waals surface area contributed by atoms with Gasteiger partial charge in [0.05, 0.1) is 0 Å². The minimum absolute atomic E-state index is 0.418. The van der Waals surface area contributed by atoms with E-state index in [4.69, 9.17) is 0 Å². The van der Waals surface area contributed by atoms with Gasteiger partial charge in [0, 0.05) is 29.1 Å². The van der Waals surface area contributed by atoms with Crippen molar-refractivity contribution in [3.63, 3.8) is 0 Å². The number of hydrogen-bond acceptors (Lipinski definition) is 3. The van der Waals surface area contributed by atoms with E-state index >= 15 is 0 Å². The van der Waals surface area contributed by atoms with E-state index < -0.39 is 5.95 Å². The highest BCUT2D eigenvalue weighted by atomic mass is 32.2. The first-order chi connectivity index (χ1) is 7.72. The lowest BCUT2D eigenvalue weighted by Crippen LogP contribution is -1.91. The van der Waals surface area contributed by atoms with Crippen molar-refractivity contribution >= 4 is 11.8 Å². The highest BCUT2D eigenvalue weighted by Crippen LogP contribution is 2.28. The van der Waals surface area contributed by atoms with E-state index in [0.717, 1.165) is 16.2 Å². The van der Waals surface area contributed by atoms with Gasteiger partial charge >= 0.3 is 0 Å². The lowest BCUT2D eigenvalue weighted by molar-refractivity contribution is 0.575. The number of pyridine rings is 2. The lowest BCUT2D eigenvalue weighted by Gasteiger charge is -2.06. The number of aromatic nitrogens is 2. The maximum Gasteiger partial charge on any atom is 0.215 e. The number of nitrogens with zero attached hydrogens (tertiary/aromatic N) is 2. The van der Waals surface area contributed by atoms with Gasteiger partial charge in [-0.3, -0.25) is 0 Å². The van der Waals surface area contributed by atoms with Crippen molar-refractivity contribution in [2.24, 2.45) is 0 Å². The molecule has 2 heterocycles. The van der Waals surface area contributed by atoms with E-state index in [1.54, 1.807) is 37.1 Å². The maximum atomic E-state index is 13.1. The summed E-state index contributed by atoms with van der Waals surface area (Å²) in [7, 11) is 0. The van der Waals surface area contributed by atoms with Crippen LogP contribution < -0.4 is 0 Å². The molecule has 0 saturated carbocycles. The highest BCUT2D eigenvalue weighted by Gasteiger charge is 2.07. The summed E-state index contributed by atoms with van der Waals surface area (Å²) in [5.74, 6) is -0.418. The molecule has 0 atom stereocenters. The summed E-state index contributed by atoms with van der Waals surface area (Å²) in [4.78, 5) is 7.99. The van der Waals surface area contributed by atoms with Gasteiger partial charge in [0.1, 0.15) is 5.03 Å². The van der Waals surface area contributed by atoms with Crippen molar-refractivity contribution in [3.8, 4) is 11.1 Å². The fourth-order valence-electron chi connectivity index (χ4n) is 1.48. The zero-order valence-electron chi connectivity index (χ0n) is 9.07. The quantitative estimate of drug-likeness (QED) is 0.589. The van der Waals surface area contributed by atoms with Crippen molar-refractivity contribution in [2.45, 2.75) is 11.9 Å². The third-order valence-electron chi connectivity index (χ3n) is 2.29. The molecule has 0 aliphatic heterocycles. The smallest absolute Gasteiger partial charge is 0.215 e. The number of aryl methyl sites for hydroxylation is 1. The van der Waals surface area contributed by atoms with Crippen LogP contribution in [0.3, 0.4) is 0 Å². The highest BCUT2D eigenvalue weighted by molar-refractivity contribution is 7.98. The molecule has 0 fully saturated rings. The van der Waals surface area contributed by atoms with Gasteiger partial charge in [-0.2, -0.15) is 4.39 Å². The lowest BCUT2D eigenvalue weighted by atomic mass is 10.1. The molecule has 0 aliphatic carbocycles. The van der Waals surface area contributed by atoms with E-state index in [0.29, 0.717) is 5.56 Å². The Morgan fingerprint density at radius 3 is 2.81 bits per heavy atom. The average Bonchev–Trinajstić information content (AvgIpc) is 2.32. The van der Waals surface area contributed by atoms with Gasteiger partial charge in [0.15, 0.2) is 0 Å². The molecule has 0 radical (unpaired) electrons. The van der Waals surface area contributed by atoms with Gasteiger partial charge < -0.3 is 0 Å². The normalized spacial score (nSPS) is 10.4. The molecule has 0 bridgehead atoms. The summed E-state index contributed by atoms with van der Waals surface area (Å²) in [5.41, 5.74) is 2.44. The van der Waals surface area contributed by atoms with Gasteiger partial charge in [-0.25, -0.2) is 9.97 Å². The fourth-order valence-corrected chi connectivity index (χ4v) is 2.05. The van der Waals surface area contributed by atoms with Crippen LogP contribution in [-0.4, -0.2) is 16.2 Å². The van der Waals surface area contributed by atoms with Crippen molar-refractivity contribution in [2.75, 3.05) is 6.26 Å². The Morgan fingerprint density at radius 2 is 2.12 bits per heavy atom. The number of hydrogen-bond donors (Lipinski definition) is 0. The standard InChI is InChI=1S/C12H11FN2S/c1-8-6-9(7-15-11(8)13)10-4-3-5-14-12(10)16-2/h3-7H,1-2H3. The Morgan fingerprint density at radius 1 is 1.31 bits per heavy atom. The third-order valence-corrected chi connectivity index (χ3v) is 3.00. The number of thioether (sulfide) groups is 1. The van der Waals surface area contributed by atoms with Crippen LogP contribution in [0.5, 0.6) is 0 Å². The van der Waals surface area contributed by atoms with Gasteiger partial charge in [-0.1, -0.05) is 6.07 Å². The molecule has 2 aromatic heterocycles. The van der Waals surface area contributed by atoms with Crippen LogP contribution in [0.2, 0.25) is 0 Å². The second-order valence-corrected chi connectivity index (χ2v) is 4.19. The van der Waals surface area contributed by atoms with Crippen LogP contribution in [0.1, 0.15) is 5.56 Å². The Balaban J connectivity index is 2.54. The molecule has 0 aliphatic rings. The summed E-state index contributed by atoms with van der Waals surface area (Å²) in [6, 6.07) is 5.63. The molecule has 82 valence electrons. The molecule has 0 N–H and O–H groups in total. The predicted octanol–water partition coefficient (Wildman–Crippen LogP) is 3.31. The van der Waals surface area contributed by atoms with E-state index in [-0.39, 0.29) is 0 Å². The summed E-state index contributed by atoms with van der Waals surface area (Å²) in [6.07, 6.45) is 5.26. The molecule has 2 nitrogen and oxygen atoms in total. The number of rotatable bonds is 2. The van der Waals surface area contributed by atoms with Crippen LogP contribution in [0.25, 0.3) is 11.1 Å². The molecular formula is C12H11FN2S. The minimum atomic E-state index is -0.418. The molecule has 2 aromatic rings. The Labute approximate surface area is 97.9 Å². The SMILES string of the molecule is CSc1ncccc1-c1cnc(F)c(C)c1. The number of halogens is 1. The van der Waals surface area contributed by atoms with Crippen molar-refractivity contribution < 1.29 is 4.39 Å².